The van der Waals surface area contributed by atoms with Crippen molar-refractivity contribution in [3.05, 3.63) is 72.0 Å². The van der Waals surface area contributed by atoms with E-state index in [0.717, 1.165) is 111 Å². The Balaban J connectivity index is 0.966. The molecule has 6 fully saturated rings. The standard InChI is InChI=1S/C45H63N4O4/c1-5-30-28-48-20-14-32(30)24-42(48)44(50)36-16-22-46(40-12-10-34(52-3)26-38(36)40)18-8-7-9-19-47-23-17-37(39-27-35(53-4)11-13-41(39)47)45(51)43-25-33-15-21-49(43)29-31(33)6-2/h7-13,18-19,26-27,30-33,36-37,42-45,50-51H,5-6,14-17,20-25,28-29H2,1-4H3/q+1/t30-,31-,32-,33-,36-,37+,42-,43-,44+,45+/m0/s1. The molecule has 0 saturated carbocycles. The predicted molar refractivity (Wildman–Crippen MR) is 213 cm³/mol. The minimum Gasteiger partial charge on any atom is -0.497 e. The Morgan fingerprint density at radius 2 is 1.34 bits per heavy atom. The van der Waals surface area contributed by atoms with Crippen LogP contribution in [0.15, 0.2) is 60.8 Å². The van der Waals surface area contributed by atoms with Crippen LogP contribution in [0, 0.1) is 23.7 Å². The summed E-state index contributed by atoms with van der Waals surface area (Å²) in [5.41, 5.74) is 4.71. The van der Waals surface area contributed by atoms with Gasteiger partial charge >= 0.3 is 0 Å². The highest BCUT2D eigenvalue weighted by atomic mass is 16.5. The van der Waals surface area contributed by atoms with Crippen molar-refractivity contribution >= 4 is 17.6 Å². The summed E-state index contributed by atoms with van der Waals surface area (Å²) in [6.07, 6.45) is 19.1. The van der Waals surface area contributed by atoms with Crippen LogP contribution in [0.4, 0.5) is 11.4 Å². The Kier molecular flexibility index (Phi) is 11.0. The van der Waals surface area contributed by atoms with E-state index in [4.69, 9.17) is 9.47 Å². The van der Waals surface area contributed by atoms with Crippen molar-refractivity contribution in [2.24, 2.45) is 23.7 Å². The van der Waals surface area contributed by atoms with E-state index in [1.807, 2.05) is 12.1 Å². The van der Waals surface area contributed by atoms with Gasteiger partial charge in [0.2, 0.25) is 5.69 Å². The van der Waals surface area contributed by atoms with E-state index in [1.165, 1.54) is 36.8 Å². The number of benzene rings is 2. The first-order valence-electron chi connectivity index (χ1n) is 20.8. The minimum atomic E-state index is -0.376. The molecule has 286 valence electrons. The van der Waals surface area contributed by atoms with Gasteiger partial charge in [0.05, 0.1) is 26.4 Å². The number of nitrogens with zero attached hydrogens (tertiary/aromatic N) is 4. The van der Waals surface area contributed by atoms with Gasteiger partial charge < -0.3 is 24.6 Å². The molecule has 2 unspecified atom stereocenters. The number of aliphatic hydroxyl groups is 2. The van der Waals surface area contributed by atoms with E-state index in [1.54, 1.807) is 14.2 Å². The molecule has 2 aromatic rings. The van der Waals surface area contributed by atoms with Crippen LogP contribution in [0.25, 0.3) is 0 Å². The first-order chi connectivity index (χ1) is 25.9. The molecule has 2 N–H and O–H groups in total. The number of anilines is 1. The van der Waals surface area contributed by atoms with E-state index < -0.39 is 0 Å². The number of piperidine rings is 6. The topological polar surface area (TPSA) is 71.7 Å². The lowest BCUT2D eigenvalue weighted by Gasteiger charge is -2.52. The van der Waals surface area contributed by atoms with Gasteiger partial charge in [-0.2, -0.15) is 4.58 Å². The van der Waals surface area contributed by atoms with E-state index in [-0.39, 0.29) is 36.1 Å². The van der Waals surface area contributed by atoms with Gasteiger partial charge in [-0.05, 0) is 111 Å². The molecule has 0 spiro atoms. The van der Waals surface area contributed by atoms with Gasteiger partial charge in [0.25, 0.3) is 0 Å². The second-order valence-corrected chi connectivity index (χ2v) is 16.9. The normalized spacial score (nSPS) is 35.4. The number of methoxy groups -OCH3 is 2. The molecule has 4 bridgehead atoms. The van der Waals surface area contributed by atoms with E-state index in [2.05, 4.69) is 88.0 Å². The second-order valence-electron chi connectivity index (χ2n) is 16.9. The van der Waals surface area contributed by atoms with E-state index in [9.17, 15) is 10.2 Å². The third-order valence-corrected chi connectivity index (χ3v) is 14.5. The fourth-order valence-electron chi connectivity index (χ4n) is 11.5. The minimum absolute atomic E-state index is 0.0943. The van der Waals surface area contributed by atoms with Gasteiger partial charge in [0, 0.05) is 79.6 Å². The number of ether oxygens (including phenoxy) is 2. The maximum atomic E-state index is 11.9. The summed E-state index contributed by atoms with van der Waals surface area (Å²) in [5, 5.41) is 23.9. The number of hydrogen-bond acceptors (Lipinski definition) is 7. The summed E-state index contributed by atoms with van der Waals surface area (Å²) in [6, 6.07) is 13.2. The van der Waals surface area contributed by atoms with Crippen LogP contribution in [0.2, 0.25) is 0 Å². The average Bonchev–Trinajstić information content (AvgIpc) is 3.22. The van der Waals surface area contributed by atoms with Gasteiger partial charge in [0.15, 0.2) is 6.21 Å². The number of fused-ring (bicyclic) bond motifs is 8. The molecule has 2 aromatic carbocycles. The van der Waals surface area contributed by atoms with Crippen molar-refractivity contribution in [1.82, 2.24) is 9.80 Å². The molecule has 8 nitrogen and oxygen atoms in total. The van der Waals surface area contributed by atoms with Crippen LogP contribution in [-0.2, 0) is 0 Å². The highest BCUT2D eigenvalue weighted by molar-refractivity contribution is 5.69. The van der Waals surface area contributed by atoms with E-state index in [0.29, 0.717) is 0 Å². The summed E-state index contributed by atoms with van der Waals surface area (Å²) in [5.74, 6) is 4.94. The Morgan fingerprint density at radius 1 is 0.736 bits per heavy atom. The Bertz CT molecular complexity index is 1690. The molecule has 10 rings (SSSR count). The molecular formula is C45H63N4O4+. The van der Waals surface area contributed by atoms with E-state index >= 15 is 0 Å². The Morgan fingerprint density at radius 3 is 1.92 bits per heavy atom. The van der Waals surface area contributed by atoms with Crippen molar-refractivity contribution in [2.75, 3.05) is 58.4 Å². The van der Waals surface area contributed by atoms with Crippen molar-refractivity contribution in [1.29, 1.82) is 0 Å². The van der Waals surface area contributed by atoms with Crippen molar-refractivity contribution in [3.63, 3.8) is 0 Å². The average molecular weight is 724 g/mol. The molecular weight excluding hydrogens is 661 g/mol. The van der Waals surface area contributed by atoms with Gasteiger partial charge in [-0.1, -0.05) is 32.8 Å². The molecule has 8 aliphatic heterocycles. The number of hydrogen-bond donors (Lipinski definition) is 2. The molecule has 0 aliphatic carbocycles. The Hall–Kier alpha value is -3.17. The third-order valence-electron chi connectivity index (χ3n) is 14.5. The monoisotopic (exact) mass is 723 g/mol. The van der Waals surface area contributed by atoms with Crippen LogP contribution < -0.4 is 14.4 Å². The largest absolute Gasteiger partial charge is 0.497 e. The van der Waals surface area contributed by atoms with Crippen LogP contribution in [0.5, 0.6) is 11.5 Å². The van der Waals surface area contributed by atoms with Crippen molar-refractivity contribution in [3.8, 4) is 11.5 Å². The molecule has 53 heavy (non-hydrogen) atoms. The lowest BCUT2D eigenvalue weighted by molar-refractivity contribution is -0.443. The maximum absolute atomic E-state index is 11.9. The zero-order valence-corrected chi connectivity index (χ0v) is 32.5. The molecule has 12 atom stereocenters. The van der Waals surface area contributed by atoms with Crippen LogP contribution >= 0.6 is 0 Å². The summed E-state index contributed by atoms with van der Waals surface area (Å²) < 4.78 is 13.7. The quantitative estimate of drug-likeness (QED) is 0.193. The Labute approximate surface area is 317 Å². The number of allylic oxidation sites excluding steroid dienone is 3. The first-order valence-corrected chi connectivity index (χ1v) is 20.8. The summed E-state index contributed by atoms with van der Waals surface area (Å²) in [7, 11) is 3.45. The highest BCUT2D eigenvalue weighted by Gasteiger charge is 2.47. The maximum Gasteiger partial charge on any atom is 0.209 e. The zero-order valence-electron chi connectivity index (χ0n) is 32.5. The summed E-state index contributed by atoms with van der Waals surface area (Å²) in [6.45, 7) is 10.9. The van der Waals surface area contributed by atoms with Crippen molar-refractivity contribution in [2.45, 2.75) is 101 Å². The third kappa shape index (κ3) is 7.10. The first kappa shape index (κ1) is 36.8. The van der Waals surface area contributed by atoms with Gasteiger partial charge in [-0.25, -0.2) is 0 Å². The van der Waals surface area contributed by atoms with Crippen LogP contribution in [0.1, 0.15) is 88.2 Å². The lowest BCUT2D eigenvalue weighted by atomic mass is 9.70. The predicted octanol–water partition coefficient (Wildman–Crippen LogP) is 6.93. The lowest BCUT2D eigenvalue weighted by Crippen LogP contribution is -2.58. The molecule has 8 heteroatoms. The molecule has 0 aromatic heterocycles. The van der Waals surface area contributed by atoms with Crippen molar-refractivity contribution < 1.29 is 24.3 Å². The fourth-order valence-corrected chi connectivity index (χ4v) is 11.5. The molecule has 8 heterocycles. The fraction of sp³-hybridized carbons (Fsp3) is 0.622. The SMILES string of the molecule is CC[C@H]1CN2CC[C@H]1C[C@H]2[C@H](O)[C@@H]1CCN(/C=C/C=C/C=[N+]2CC[C@H]([C@@H](O)[C@@H]3C[C@@H]4CCN3C[C@@H]4CC)c3cc(OC)ccc32)c2ccc(OC)cc21. The summed E-state index contributed by atoms with van der Waals surface area (Å²) in [4.78, 5) is 7.50. The second kappa shape index (κ2) is 15.9. The van der Waals surface area contributed by atoms with Crippen LogP contribution in [0.3, 0.4) is 0 Å². The highest BCUT2D eigenvalue weighted by Crippen LogP contribution is 2.47. The van der Waals surface area contributed by atoms with Gasteiger partial charge in [-0.15, -0.1) is 0 Å². The number of rotatable bonds is 11. The number of aliphatic hydroxyl groups excluding tert-OH is 2. The summed E-state index contributed by atoms with van der Waals surface area (Å²) >= 11 is 0. The van der Waals surface area contributed by atoms with Gasteiger partial charge in [-0.3, -0.25) is 9.80 Å². The van der Waals surface area contributed by atoms with Gasteiger partial charge in [0.1, 0.15) is 18.0 Å². The van der Waals surface area contributed by atoms with Crippen LogP contribution in [-0.4, -0.2) is 109 Å². The zero-order chi connectivity index (χ0) is 36.6. The molecule has 6 saturated heterocycles. The molecule has 0 amide bonds. The molecule has 0 radical (unpaired) electrons. The molecule has 8 aliphatic rings. The smallest absolute Gasteiger partial charge is 0.209 e.